The Hall–Kier alpha value is -1.60. The third-order valence-corrected chi connectivity index (χ3v) is 4.53. The molecule has 1 aliphatic rings. The maximum atomic E-state index is 11.3. The van der Waals surface area contributed by atoms with E-state index in [-0.39, 0.29) is 5.91 Å². The molecule has 1 aromatic carbocycles. The van der Waals surface area contributed by atoms with Gasteiger partial charge in [0.2, 0.25) is 5.91 Å². The molecule has 2 aromatic rings. The Labute approximate surface area is 112 Å². The average molecular weight is 278 g/mol. The van der Waals surface area contributed by atoms with Gasteiger partial charge in [-0.15, -0.1) is 10.2 Å². The highest BCUT2D eigenvalue weighted by Gasteiger charge is 2.20. The fraction of sp³-hybridized carbons (Fsp3) is 0.182. The third-order valence-electron chi connectivity index (χ3n) is 2.57. The van der Waals surface area contributed by atoms with Crippen LogP contribution in [-0.4, -0.2) is 16.1 Å². The Morgan fingerprint density at radius 3 is 3.00 bits per heavy atom. The minimum atomic E-state index is 0.0123. The molecule has 2 heterocycles. The summed E-state index contributed by atoms with van der Waals surface area (Å²) in [6, 6.07) is 3.75. The number of nitrogens with two attached hydrogens (primary N) is 1. The average Bonchev–Trinajstić information content (AvgIpc) is 2.85. The molecule has 0 radical (unpaired) electrons. The molecule has 0 saturated carbocycles. The highest BCUT2D eigenvalue weighted by atomic mass is 32.2. The van der Waals surface area contributed by atoms with Crippen LogP contribution in [-0.2, 0) is 11.2 Å². The molecule has 1 amide bonds. The zero-order valence-electron chi connectivity index (χ0n) is 9.56. The Kier molecular flexibility index (Phi) is 2.71. The lowest BCUT2D eigenvalue weighted by Crippen LogP contribution is -2.03. The molecular weight excluding hydrogens is 268 g/mol. The first-order chi connectivity index (χ1) is 8.61. The van der Waals surface area contributed by atoms with Crippen molar-refractivity contribution in [2.24, 2.45) is 0 Å². The van der Waals surface area contributed by atoms with Gasteiger partial charge < -0.3 is 11.1 Å². The van der Waals surface area contributed by atoms with Gasteiger partial charge in [-0.05, 0) is 24.6 Å². The Morgan fingerprint density at radius 2 is 2.28 bits per heavy atom. The monoisotopic (exact) mass is 278 g/mol. The standard InChI is InChI=1S/C11H10N4OS2/c1-5-14-15-11(17-5)18-9-4-8-6(2-7(9)12)3-10(16)13-8/h2,4H,3,12H2,1H3,(H,13,16). The fourth-order valence-corrected chi connectivity index (χ4v) is 3.61. The Bertz CT molecular complexity index is 638. The van der Waals surface area contributed by atoms with Gasteiger partial charge in [0.25, 0.3) is 0 Å². The summed E-state index contributed by atoms with van der Waals surface area (Å²) in [5, 5.41) is 11.8. The zero-order valence-corrected chi connectivity index (χ0v) is 11.2. The number of rotatable bonds is 2. The van der Waals surface area contributed by atoms with Crippen LogP contribution >= 0.6 is 23.1 Å². The number of fused-ring (bicyclic) bond motifs is 1. The largest absolute Gasteiger partial charge is 0.398 e. The van der Waals surface area contributed by atoms with E-state index < -0.39 is 0 Å². The van der Waals surface area contributed by atoms with Crippen molar-refractivity contribution in [2.45, 2.75) is 22.6 Å². The fourth-order valence-electron chi connectivity index (χ4n) is 1.78. The van der Waals surface area contributed by atoms with Crippen LogP contribution in [0.2, 0.25) is 0 Å². The number of carbonyl (C=O) groups is 1. The number of hydrogen-bond donors (Lipinski definition) is 2. The van der Waals surface area contributed by atoms with E-state index >= 15 is 0 Å². The second-order valence-electron chi connectivity index (χ2n) is 3.96. The summed E-state index contributed by atoms with van der Waals surface area (Å²) in [5.41, 5.74) is 8.46. The normalized spacial score (nSPS) is 13.5. The zero-order chi connectivity index (χ0) is 12.7. The van der Waals surface area contributed by atoms with Crippen LogP contribution in [0, 0.1) is 6.92 Å². The van der Waals surface area contributed by atoms with Gasteiger partial charge in [-0.3, -0.25) is 4.79 Å². The van der Waals surface area contributed by atoms with E-state index in [1.165, 1.54) is 23.1 Å². The first-order valence-electron chi connectivity index (χ1n) is 5.32. The minimum absolute atomic E-state index is 0.0123. The van der Waals surface area contributed by atoms with Gasteiger partial charge in [-0.1, -0.05) is 23.1 Å². The van der Waals surface area contributed by atoms with E-state index in [2.05, 4.69) is 15.5 Å². The number of nitrogen functional groups attached to an aromatic ring is 1. The van der Waals surface area contributed by atoms with Gasteiger partial charge in [-0.2, -0.15) is 0 Å². The van der Waals surface area contributed by atoms with E-state index in [0.717, 1.165) is 25.5 Å². The highest BCUT2D eigenvalue weighted by molar-refractivity contribution is 8.01. The van der Waals surface area contributed by atoms with Crippen LogP contribution in [0.4, 0.5) is 11.4 Å². The first kappa shape index (κ1) is 11.5. The number of benzene rings is 1. The predicted molar refractivity (Wildman–Crippen MR) is 72.0 cm³/mol. The van der Waals surface area contributed by atoms with Gasteiger partial charge in [0, 0.05) is 16.3 Å². The van der Waals surface area contributed by atoms with Crippen LogP contribution in [0.3, 0.4) is 0 Å². The molecule has 5 nitrogen and oxygen atoms in total. The summed E-state index contributed by atoms with van der Waals surface area (Å²) in [7, 11) is 0. The van der Waals surface area contributed by atoms with Crippen molar-refractivity contribution in [1.82, 2.24) is 10.2 Å². The molecule has 7 heteroatoms. The first-order valence-corrected chi connectivity index (χ1v) is 6.95. The second kappa shape index (κ2) is 4.25. The molecule has 18 heavy (non-hydrogen) atoms. The molecule has 3 N–H and O–H groups in total. The summed E-state index contributed by atoms with van der Waals surface area (Å²) >= 11 is 2.99. The molecule has 3 rings (SSSR count). The maximum absolute atomic E-state index is 11.3. The van der Waals surface area contributed by atoms with E-state index in [1.54, 1.807) is 0 Å². The summed E-state index contributed by atoms with van der Waals surface area (Å²) in [6.07, 6.45) is 0.405. The van der Waals surface area contributed by atoms with Crippen molar-refractivity contribution < 1.29 is 4.79 Å². The van der Waals surface area contributed by atoms with Crippen molar-refractivity contribution in [2.75, 3.05) is 11.1 Å². The molecule has 0 unspecified atom stereocenters. The third kappa shape index (κ3) is 2.06. The predicted octanol–water partition coefficient (Wildman–Crippen LogP) is 2.07. The van der Waals surface area contributed by atoms with Crippen molar-refractivity contribution in [1.29, 1.82) is 0 Å². The Balaban J connectivity index is 1.93. The number of hydrogen-bond acceptors (Lipinski definition) is 6. The number of anilines is 2. The molecule has 1 aromatic heterocycles. The number of nitrogens with zero attached hydrogens (tertiary/aromatic N) is 2. The number of carbonyl (C=O) groups excluding carboxylic acids is 1. The van der Waals surface area contributed by atoms with Gasteiger partial charge in [-0.25, -0.2) is 0 Å². The summed E-state index contributed by atoms with van der Waals surface area (Å²) in [5.74, 6) is 0.0123. The number of amides is 1. The summed E-state index contributed by atoms with van der Waals surface area (Å²) < 4.78 is 0.850. The van der Waals surface area contributed by atoms with Gasteiger partial charge in [0.05, 0.1) is 6.42 Å². The Morgan fingerprint density at radius 1 is 1.44 bits per heavy atom. The quantitative estimate of drug-likeness (QED) is 0.822. The molecule has 0 atom stereocenters. The smallest absolute Gasteiger partial charge is 0.228 e. The van der Waals surface area contributed by atoms with Crippen LogP contribution in [0.5, 0.6) is 0 Å². The van der Waals surface area contributed by atoms with Gasteiger partial charge >= 0.3 is 0 Å². The highest BCUT2D eigenvalue weighted by Crippen LogP contribution is 2.38. The lowest BCUT2D eigenvalue weighted by atomic mass is 10.1. The molecule has 0 bridgehead atoms. The van der Waals surface area contributed by atoms with Crippen molar-refractivity contribution in [3.63, 3.8) is 0 Å². The molecule has 0 spiro atoms. The lowest BCUT2D eigenvalue weighted by Gasteiger charge is -2.06. The number of aryl methyl sites for hydroxylation is 1. The molecule has 1 aliphatic heterocycles. The molecule has 0 saturated heterocycles. The summed E-state index contributed by atoms with van der Waals surface area (Å²) in [6.45, 7) is 1.91. The number of aromatic nitrogens is 2. The number of nitrogens with one attached hydrogen (secondary N) is 1. The second-order valence-corrected chi connectivity index (χ2v) is 6.43. The van der Waals surface area contributed by atoms with E-state index in [0.29, 0.717) is 12.1 Å². The van der Waals surface area contributed by atoms with Crippen LogP contribution < -0.4 is 11.1 Å². The topological polar surface area (TPSA) is 80.9 Å². The molecule has 0 fully saturated rings. The molecule has 0 aliphatic carbocycles. The van der Waals surface area contributed by atoms with Crippen LogP contribution in [0.25, 0.3) is 0 Å². The van der Waals surface area contributed by atoms with Crippen molar-refractivity contribution in [3.05, 3.63) is 22.7 Å². The maximum Gasteiger partial charge on any atom is 0.228 e. The van der Waals surface area contributed by atoms with Crippen LogP contribution in [0.1, 0.15) is 10.6 Å². The van der Waals surface area contributed by atoms with E-state index in [9.17, 15) is 4.79 Å². The molecule has 92 valence electrons. The van der Waals surface area contributed by atoms with Gasteiger partial charge in [0.15, 0.2) is 4.34 Å². The van der Waals surface area contributed by atoms with Gasteiger partial charge in [0.1, 0.15) is 5.01 Å². The van der Waals surface area contributed by atoms with Crippen LogP contribution in [0.15, 0.2) is 21.4 Å². The SMILES string of the molecule is Cc1nnc(Sc2cc3c(cc2N)CC(=O)N3)s1. The van der Waals surface area contributed by atoms with E-state index in [4.69, 9.17) is 5.73 Å². The minimum Gasteiger partial charge on any atom is -0.398 e. The van der Waals surface area contributed by atoms with Crippen molar-refractivity contribution in [3.8, 4) is 0 Å². The summed E-state index contributed by atoms with van der Waals surface area (Å²) in [4.78, 5) is 12.2. The lowest BCUT2D eigenvalue weighted by molar-refractivity contribution is -0.115. The van der Waals surface area contributed by atoms with E-state index in [1.807, 2.05) is 19.1 Å². The van der Waals surface area contributed by atoms with Crippen molar-refractivity contribution >= 4 is 40.4 Å². The molecular formula is C11H10N4OS2.